The summed E-state index contributed by atoms with van der Waals surface area (Å²) in [5.74, 6) is 0.845. The third-order valence-corrected chi connectivity index (χ3v) is 3.32. The molecule has 0 radical (unpaired) electrons. The first-order chi connectivity index (χ1) is 6.77. The summed E-state index contributed by atoms with van der Waals surface area (Å²) in [7, 11) is 0. The van der Waals surface area contributed by atoms with E-state index in [-0.39, 0.29) is 5.37 Å². The molecule has 0 spiro atoms. The number of carbonyl (C=O) groups is 1. The van der Waals surface area contributed by atoms with Gasteiger partial charge in [0.15, 0.2) is 0 Å². The molecule has 76 valence electrons. The summed E-state index contributed by atoms with van der Waals surface area (Å²) < 4.78 is 5.22. The largest absolute Gasteiger partial charge is 0.480 e. The number of thioether (sulfide) groups is 1. The molecule has 4 nitrogen and oxygen atoms in total. The fraction of sp³-hybridized carbons (Fsp3) is 0.444. The van der Waals surface area contributed by atoms with Crippen LogP contribution in [0.4, 0.5) is 0 Å². The van der Waals surface area contributed by atoms with Gasteiger partial charge in [-0.05, 0) is 24.3 Å². The minimum atomic E-state index is -0.790. The lowest BCUT2D eigenvalue weighted by atomic mass is 10.2. The topological polar surface area (TPSA) is 62.5 Å². The molecule has 2 N–H and O–H groups in total. The predicted octanol–water partition coefficient (Wildman–Crippen LogP) is 1.46. The van der Waals surface area contributed by atoms with Crippen molar-refractivity contribution in [3.05, 3.63) is 24.2 Å². The molecular weight excluding hydrogens is 202 g/mol. The van der Waals surface area contributed by atoms with E-state index in [1.807, 2.05) is 12.1 Å². The highest BCUT2D eigenvalue weighted by Crippen LogP contribution is 2.31. The summed E-state index contributed by atoms with van der Waals surface area (Å²) in [6.45, 7) is 0. The van der Waals surface area contributed by atoms with Gasteiger partial charge in [-0.1, -0.05) is 0 Å². The van der Waals surface area contributed by atoms with Crippen LogP contribution in [0.25, 0.3) is 0 Å². The maximum Gasteiger partial charge on any atom is 0.320 e. The van der Waals surface area contributed by atoms with Crippen molar-refractivity contribution < 1.29 is 14.3 Å². The number of hydrogen-bond acceptors (Lipinski definition) is 4. The maximum absolute atomic E-state index is 10.8. The summed E-state index contributed by atoms with van der Waals surface area (Å²) >= 11 is 1.67. The van der Waals surface area contributed by atoms with Gasteiger partial charge in [0.1, 0.15) is 17.2 Å². The molecule has 0 aromatic carbocycles. The molecule has 14 heavy (non-hydrogen) atoms. The van der Waals surface area contributed by atoms with Crippen molar-refractivity contribution in [3.63, 3.8) is 0 Å². The van der Waals surface area contributed by atoms with Gasteiger partial charge < -0.3 is 9.52 Å². The monoisotopic (exact) mass is 213 g/mol. The number of hydrogen-bond donors (Lipinski definition) is 2. The minimum absolute atomic E-state index is 0.0279. The second-order valence-electron chi connectivity index (χ2n) is 3.11. The van der Waals surface area contributed by atoms with Gasteiger partial charge in [-0.15, -0.1) is 11.8 Å². The van der Waals surface area contributed by atoms with Crippen LogP contribution in [0.2, 0.25) is 0 Å². The molecule has 0 saturated carbocycles. The van der Waals surface area contributed by atoms with Gasteiger partial charge in [0, 0.05) is 0 Å². The van der Waals surface area contributed by atoms with Crippen LogP contribution in [-0.2, 0) is 4.79 Å². The molecular formula is C9H11NO3S. The third kappa shape index (κ3) is 1.93. The molecule has 1 aliphatic rings. The van der Waals surface area contributed by atoms with Crippen LogP contribution >= 0.6 is 11.8 Å². The molecule has 1 aromatic heterocycles. The van der Waals surface area contributed by atoms with Crippen molar-refractivity contribution in [2.45, 2.75) is 17.8 Å². The highest BCUT2D eigenvalue weighted by atomic mass is 32.2. The molecule has 1 aliphatic heterocycles. The van der Waals surface area contributed by atoms with E-state index in [1.165, 1.54) is 0 Å². The molecule has 0 aliphatic carbocycles. The van der Waals surface area contributed by atoms with Crippen LogP contribution in [-0.4, -0.2) is 22.9 Å². The van der Waals surface area contributed by atoms with Crippen molar-refractivity contribution in [1.82, 2.24) is 5.32 Å². The normalized spacial score (nSPS) is 27.4. The van der Waals surface area contributed by atoms with Crippen molar-refractivity contribution in [2.24, 2.45) is 0 Å². The van der Waals surface area contributed by atoms with Crippen molar-refractivity contribution in [1.29, 1.82) is 0 Å². The fourth-order valence-corrected chi connectivity index (χ4v) is 2.58. The first kappa shape index (κ1) is 9.61. The Morgan fingerprint density at radius 1 is 1.71 bits per heavy atom. The Bertz CT molecular complexity index is 312. The predicted molar refractivity (Wildman–Crippen MR) is 53.1 cm³/mol. The average Bonchev–Trinajstić information content (AvgIpc) is 2.71. The Labute approximate surface area is 85.7 Å². The Kier molecular flexibility index (Phi) is 2.79. The zero-order valence-corrected chi connectivity index (χ0v) is 8.29. The van der Waals surface area contributed by atoms with E-state index >= 15 is 0 Å². The van der Waals surface area contributed by atoms with E-state index in [4.69, 9.17) is 9.52 Å². The summed E-state index contributed by atoms with van der Waals surface area (Å²) in [6.07, 6.45) is 2.26. The zero-order valence-electron chi connectivity index (χ0n) is 7.47. The van der Waals surface area contributed by atoms with Crippen LogP contribution in [0.3, 0.4) is 0 Å². The van der Waals surface area contributed by atoms with Crippen LogP contribution in [0.1, 0.15) is 17.6 Å². The Morgan fingerprint density at radius 3 is 3.21 bits per heavy atom. The second kappa shape index (κ2) is 4.06. The average molecular weight is 213 g/mol. The third-order valence-electron chi connectivity index (χ3n) is 2.14. The second-order valence-corrected chi connectivity index (χ2v) is 4.33. The van der Waals surface area contributed by atoms with Crippen LogP contribution in [0.5, 0.6) is 0 Å². The van der Waals surface area contributed by atoms with Crippen molar-refractivity contribution in [3.8, 4) is 0 Å². The zero-order chi connectivity index (χ0) is 9.97. The summed E-state index contributed by atoms with van der Waals surface area (Å²) in [5.41, 5.74) is 0. The lowest BCUT2D eigenvalue weighted by molar-refractivity contribution is -0.139. The Balaban J connectivity index is 2.04. The van der Waals surface area contributed by atoms with Crippen LogP contribution in [0, 0.1) is 0 Å². The van der Waals surface area contributed by atoms with Gasteiger partial charge in [-0.2, -0.15) is 0 Å². The Hall–Kier alpha value is -0.940. The molecule has 1 fully saturated rings. The molecule has 0 bridgehead atoms. The number of rotatable bonds is 2. The van der Waals surface area contributed by atoms with Gasteiger partial charge in [-0.3, -0.25) is 10.1 Å². The Morgan fingerprint density at radius 2 is 2.57 bits per heavy atom. The summed E-state index contributed by atoms with van der Waals surface area (Å²) in [5, 5.41) is 11.8. The first-order valence-corrected chi connectivity index (χ1v) is 5.46. The van der Waals surface area contributed by atoms with Crippen molar-refractivity contribution in [2.75, 3.05) is 5.75 Å². The lowest BCUT2D eigenvalue weighted by Gasteiger charge is -2.26. The standard InChI is InChI=1S/C9H11NO3S/c11-9(12)6-3-5-14-8(10-6)7-2-1-4-13-7/h1-2,4,6,8,10H,3,5H2,(H,11,12). The first-order valence-electron chi connectivity index (χ1n) is 4.41. The molecule has 5 heteroatoms. The fourth-order valence-electron chi connectivity index (χ4n) is 1.42. The van der Waals surface area contributed by atoms with Gasteiger partial charge >= 0.3 is 5.97 Å². The summed E-state index contributed by atoms with van der Waals surface area (Å²) in [6, 6.07) is 3.21. The highest BCUT2D eigenvalue weighted by Gasteiger charge is 2.28. The molecule has 0 amide bonds. The van der Waals surface area contributed by atoms with E-state index in [1.54, 1.807) is 18.0 Å². The molecule has 2 rings (SSSR count). The van der Waals surface area contributed by atoms with Crippen LogP contribution in [0.15, 0.2) is 22.8 Å². The minimum Gasteiger partial charge on any atom is -0.480 e. The number of carboxylic acid groups (broad SMARTS) is 1. The maximum atomic E-state index is 10.8. The number of nitrogens with one attached hydrogen (secondary N) is 1. The number of furan rings is 1. The smallest absolute Gasteiger partial charge is 0.320 e. The van der Waals surface area contributed by atoms with Gasteiger partial charge in [0.05, 0.1) is 6.26 Å². The van der Waals surface area contributed by atoms with Crippen LogP contribution < -0.4 is 5.32 Å². The van der Waals surface area contributed by atoms with Gasteiger partial charge in [0.2, 0.25) is 0 Å². The molecule has 1 aromatic rings. The van der Waals surface area contributed by atoms with Crippen molar-refractivity contribution >= 4 is 17.7 Å². The number of carboxylic acids is 1. The molecule has 2 unspecified atom stereocenters. The SMILES string of the molecule is O=C(O)C1CCSC(c2ccco2)N1. The van der Waals surface area contributed by atoms with E-state index in [0.717, 1.165) is 11.5 Å². The highest BCUT2D eigenvalue weighted by molar-refractivity contribution is 7.99. The van der Waals surface area contributed by atoms with E-state index in [9.17, 15) is 4.79 Å². The molecule has 1 saturated heterocycles. The quantitative estimate of drug-likeness (QED) is 0.778. The van der Waals surface area contributed by atoms with E-state index in [2.05, 4.69) is 5.32 Å². The summed E-state index contributed by atoms with van der Waals surface area (Å²) in [4.78, 5) is 10.8. The molecule has 2 atom stereocenters. The number of aliphatic carboxylic acids is 1. The van der Waals surface area contributed by atoms with Gasteiger partial charge in [-0.25, -0.2) is 0 Å². The van der Waals surface area contributed by atoms with E-state index < -0.39 is 12.0 Å². The molecule has 2 heterocycles. The van der Waals surface area contributed by atoms with Gasteiger partial charge in [0.25, 0.3) is 0 Å². The lowest BCUT2D eigenvalue weighted by Crippen LogP contribution is -2.41. The van der Waals surface area contributed by atoms with E-state index in [0.29, 0.717) is 6.42 Å².